The molecule has 2 heteroatoms. The van der Waals surface area contributed by atoms with E-state index in [1.54, 1.807) is 0 Å². The Kier molecular flexibility index (Phi) is 7.08. The van der Waals surface area contributed by atoms with E-state index in [-0.39, 0.29) is 0 Å². The van der Waals surface area contributed by atoms with Gasteiger partial charge >= 0.3 is 0 Å². The van der Waals surface area contributed by atoms with Gasteiger partial charge in [-0.3, -0.25) is 0 Å². The molecule has 1 aliphatic heterocycles. The van der Waals surface area contributed by atoms with Crippen LogP contribution in [0.4, 0.5) is 5.69 Å². The molecule has 0 spiro atoms. The summed E-state index contributed by atoms with van der Waals surface area (Å²) >= 11 is 0. The summed E-state index contributed by atoms with van der Waals surface area (Å²) in [7, 11) is 2.09. The standard InChI is InChI=1S/C19H32N2/c1-3-4-5-6-7-10-15-21-16-11-13-18(20-2)17-12-8-9-14-19(17)21/h8-9,12,14,18,20H,3-7,10-11,13,15-16H2,1-2H3. The number of anilines is 1. The van der Waals surface area contributed by atoms with Crippen molar-refractivity contribution in [1.29, 1.82) is 0 Å². The topological polar surface area (TPSA) is 15.3 Å². The van der Waals surface area contributed by atoms with Crippen molar-refractivity contribution < 1.29 is 0 Å². The summed E-state index contributed by atoms with van der Waals surface area (Å²) < 4.78 is 0. The molecule has 0 radical (unpaired) electrons. The number of unbranched alkanes of at least 4 members (excludes halogenated alkanes) is 5. The normalized spacial score (nSPS) is 18.4. The lowest BCUT2D eigenvalue weighted by atomic mass is 10.0. The first-order chi connectivity index (χ1) is 10.4. The number of fused-ring (bicyclic) bond motifs is 1. The molecule has 0 aromatic heterocycles. The summed E-state index contributed by atoms with van der Waals surface area (Å²) in [5.41, 5.74) is 2.95. The molecule has 1 atom stereocenters. The van der Waals surface area contributed by atoms with Crippen LogP contribution in [0.1, 0.15) is 69.9 Å². The van der Waals surface area contributed by atoms with Gasteiger partial charge in [-0.2, -0.15) is 0 Å². The first-order valence-electron chi connectivity index (χ1n) is 8.88. The number of rotatable bonds is 8. The number of nitrogens with zero attached hydrogens (tertiary/aromatic N) is 1. The minimum absolute atomic E-state index is 0.524. The van der Waals surface area contributed by atoms with Crippen molar-refractivity contribution in [1.82, 2.24) is 5.32 Å². The number of hydrogen-bond donors (Lipinski definition) is 1. The fourth-order valence-electron chi connectivity index (χ4n) is 3.45. The Hall–Kier alpha value is -1.02. The Morgan fingerprint density at radius 2 is 1.86 bits per heavy atom. The molecule has 2 nitrogen and oxygen atoms in total. The summed E-state index contributed by atoms with van der Waals surface area (Å²) in [6.07, 6.45) is 10.8. The van der Waals surface area contributed by atoms with E-state index in [0.29, 0.717) is 6.04 Å². The van der Waals surface area contributed by atoms with Crippen LogP contribution in [0.3, 0.4) is 0 Å². The predicted octanol–water partition coefficient (Wildman–Crippen LogP) is 4.91. The van der Waals surface area contributed by atoms with Crippen molar-refractivity contribution in [2.24, 2.45) is 0 Å². The van der Waals surface area contributed by atoms with Crippen molar-refractivity contribution in [2.45, 2.75) is 64.3 Å². The molecule has 0 saturated carbocycles. The molecule has 0 aliphatic carbocycles. The van der Waals surface area contributed by atoms with Crippen LogP contribution >= 0.6 is 0 Å². The lowest BCUT2D eigenvalue weighted by Crippen LogP contribution is -2.25. The third-order valence-electron chi connectivity index (χ3n) is 4.70. The molecule has 1 aliphatic rings. The second-order valence-corrected chi connectivity index (χ2v) is 6.30. The minimum atomic E-state index is 0.524. The van der Waals surface area contributed by atoms with Gasteiger partial charge in [-0.25, -0.2) is 0 Å². The van der Waals surface area contributed by atoms with Crippen molar-refractivity contribution in [3.63, 3.8) is 0 Å². The molecule has 1 unspecified atom stereocenters. The largest absolute Gasteiger partial charge is 0.371 e. The predicted molar refractivity (Wildman–Crippen MR) is 93.1 cm³/mol. The highest BCUT2D eigenvalue weighted by Crippen LogP contribution is 2.32. The highest BCUT2D eigenvalue weighted by molar-refractivity contribution is 5.55. The number of benzene rings is 1. The molecule has 0 saturated heterocycles. The SMILES string of the molecule is CCCCCCCCN1CCCC(NC)c2ccccc21. The second-order valence-electron chi connectivity index (χ2n) is 6.30. The van der Waals surface area contributed by atoms with E-state index in [1.165, 1.54) is 75.7 Å². The maximum Gasteiger partial charge on any atom is 0.0414 e. The summed E-state index contributed by atoms with van der Waals surface area (Å²) in [5.74, 6) is 0. The van der Waals surface area contributed by atoms with E-state index in [2.05, 4.69) is 48.5 Å². The number of nitrogens with one attached hydrogen (secondary N) is 1. The van der Waals surface area contributed by atoms with Crippen LogP contribution in [0.15, 0.2) is 24.3 Å². The van der Waals surface area contributed by atoms with Crippen LogP contribution in [0.5, 0.6) is 0 Å². The average Bonchev–Trinajstić information content (AvgIpc) is 2.70. The van der Waals surface area contributed by atoms with Crippen LogP contribution in [-0.2, 0) is 0 Å². The fraction of sp³-hybridized carbons (Fsp3) is 0.684. The minimum Gasteiger partial charge on any atom is -0.371 e. The monoisotopic (exact) mass is 288 g/mol. The molecule has 1 aromatic rings. The molecule has 1 aromatic carbocycles. The zero-order chi connectivity index (χ0) is 14.9. The van der Waals surface area contributed by atoms with E-state index >= 15 is 0 Å². The molecular formula is C19H32N2. The number of para-hydroxylation sites is 1. The Morgan fingerprint density at radius 3 is 2.67 bits per heavy atom. The van der Waals surface area contributed by atoms with Crippen molar-refractivity contribution >= 4 is 5.69 Å². The second kappa shape index (κ2) is 9.09. The quantitative estimate of drug-likeness (QED) is 0.684. The molecule has 0 amide bonds. The zero-order valence-corrected chi connectivity index (χ0v) is 13.9. The Balaban J connectivity index is 1.90. The third kappa shape index (κ3) is 4.74. The van der Waals surface area contributed by atoms with Crippen LogP contribution in [-0.4, -0.2) is 20.1 Å². The highest BCUT2D eigenvalue weighted by atomic mass is 15.1. The zero-order valence-electron chi connectivity index (χ0n) is 13.9. The highest BCUT2D eigenvalue weighted by Gasteiger charge is 2.20. The molecule has 0 bridgehead atoms. The van der Waals surface area contributed by atoms with Crippen LogP contribution in [0, 0.1) is 0 Å². The van der Waals surface area contributed by atoms with Gasteiger partial charge in [0.25, 0.3) is 0 Å². The fourth-order valence-corrected chi connectivity index (χ4v) is 3.45. The molecule has 0 fully saturated rings. The van der Waals surface area contributed by atoms with Gasteiger partial charge in [0.15, 0.2) is 0 Å². The van der Waals surface area contributed by atoms with Crippen LogP contribution < -0.4 is 10.2 Å². The van der Waals surface area contributed by atoms with E-state index in [0.717, 1.165) is 0 Å². The summed E-state index contributed by atoms with van der Waals surface area (Å²) in [4.78, 5) is 2.62. The molecule has 118 valence electrons. The van der Waals surface area contributed by atoms with Gasteiger partial charge in [-0.15, -0.1) is 0 Å². The molecule has 21 heavy (non-hydrogen) atoms. The van der Waals surface area contributed by atoms with Crippen molar-refractivity contribution in [3.8, 4) is 0 Å². The van der Waals surface area contributed by atoms with E-state index < -0.39 is 0 Å². The maximum absolute atomic E-state index is 3.48. The lowest BCUT2D eigenvalue weighted by molar-refractivity contribution is 0.539. The third-order valence-corrected chi connectivity index (χ3v) is 4.70. The van der Waals surface area contributed by atoms with E-state index in [9.17, 15) is 0 Å². The lowest BCUT2D eigenvalue weighted by Gasteiger charge is -2.26. The van der Waals surface area contributed by atoms with Crippen LogP contribution in [0.2, 0.25) is 0 Å². The Morgan fingerprint density at radius 1 is 1.10 bits per heavy atom. The van der Waals surface area contributed by atoms with Gasteiger partial charge in [0.1, 0.15) is 0 Å². The molecule has 1 heterocycles. The Bertz CT molecular complexity index is 402. The summed E-state index contributed by atoms with van der Waals surface area (Å²) in [6.45, 7) is 4.72. The Labute approximate surface area is 130 Å². The first kappa shape index (κ1) is 16.4. The van der Waals surface area contributed by atoms with Gasteiger partial charge in [0.05, 0.1) is 0 Å². The van der Waals surface area contributed by atoms with Gasteiger partial charge in [-0.1, -0.05) is 57.2 Å². The smallest absolute Gasteiger partial charge is 0.0414 e. The van der Waals surface area contributed by atoms with Crippen molar-refractivity contribution in [2.75, 3.05) is 25.0 Å². The van der Waals surface area contributed by atoms with Crippen molar-refractivity contribution in [3.05, 3.63) is 29.8 Å². The molecular weight excluding hydrogens is 256 g/mol. The molecule has 2 rings (SSSR count). The van der Waals surface area contributed by atoms with Crippen LogP contribution in [0.25, 0.3) is 0 Å². The van der Waals surface area contributed by atoms with Gasteiger partial charge in [-0.05, 0) is 37.9 Å². The van der Waals surface area contributed by atoms with E-state index in [1.807, 2.05) is 0 Å². The number of hydrogen-bond acceptors (Lipinski definition) is 2. The van der Waals surface area contributed by atoms with Gasteiger partial charge < -0.3 is 10.2 Å². The molecule has 1 N–H and O–H groups in total. The van der Waals surface area contributed by atoms with Gasteiger partial charge in [0, 0.05) is 24.8 Å². The van der Waals surface area contributed by atoms with E-state index in [4.69, 9.17) is 0 Å². The van der Waals surface area contributed by atoms with Gasteiger partial charge in [0.2, 0.25) is 0 Å². The average molecular weight is 288 g/mol. The summed E-state index contributed by atoms with van der Waals surface area (Å²) in [5, 5.41) is 3.48. The summed E-state index contributed by atoms with van der Waals surface area (Å²) in [6, 6.07) is 9.50. The first-order valence-corrected chi connectivity index (χ1v) is 8.88. The maximum atomic E-state index is 3.48.